The zero-order valence-corrected chi connectivity index (χ0v) is 11.0. The summed E-state index contributed by atoms with van der Waals surface area (Å²) in [6.07, 6.45) is 0.394. The number of amidine groups is 1. The van der Waals surface area contributed by atoms with Gasteiger partial charge in [-0.05, 0) is 19.8 Å². The minimum absolute atomic E-state index is 0.0116. The number of hydrogen-bond acceptors (Lipinski definition) is 4. The first kappa shape index (κ1) is 15.7. The molecule has 0 aromatic carbocycles. The number of nitrogens with zero attached hydrogens (tertiary/aromatic N) is 2. The average Bonchev–Trinajstić information content (AvgIpc) is 2.24. The summed E-state index contributed by atoms with van der Waals surface area (Å²) < 4.78 is 4.99. The fraction of sp³-hybridized carbons (Fsp3) is 0.818. The Labute approximate surface area is 102 Å². The Balaban J connectivity index is 4.45. The van der Waals surface area contributed by atoms with Gasteiger partial charge in [-0.3, -0.25) is 4.79 Å². The molecule has 1 amide bonds. The van der Waals surface area contributed by atoms with E-state index in [1.807, 2.05) is 20.8 Å². The van der Waals surface area contributed by atoms with Crippen LogP contribution in [-0.2, 0) is 9.53 Å². The van der Waals surface area contributed by atoms with E-state index in [2.05, 4.69) is 5.16 Å². The molecular formula is C11H23N3O3. The Kier molecular flexibility index (Phi) is 7.29. The van der Waals surface area contributed by atoms with Crippen LogP contribution in [0.1, 0.15) is 27.2 Å². The molecule has 100 valence electrons. The van der Waals surface area contributed by atoms with E-state index in [9.17, 15) is 4.79 Å². The van der Waals surface area contributed by atoms with Crippen LogP contribution in [0.25, 0.3) is 0 Å². The quantitative estimate of drug-likeness (QED) is 0.298. The summed E-state index contributed by atoms with van der Waals surface area (Å²) in [5.41, 5.74) is 5.42. The monoisotopic (exact) mass is 245 g/mol. The highest BCUT2D eigenvalue weighted by atomic mass is 16.5. The average molecular weight is 245 g/mol. The van der Waals surface area contributed by atoms with E-state index in [0.29, 0.717) is 13.0 Å². The molecule has 0 aromatic rings. The molecule has 0 fully saturated rings. The van der Waals surface area contributed by atoms with Gasteiger partial charge in [0.15, 0.2) is 5.84 Å². The van der Waals surface area contributed by atoms with Crippen molar-refractivity contribution >= 4 is 11.7 Å². The highest BCUT2D eigenvalue weighted by molar-refractivity contribution is 5.87. The lowest BCUT2D eigenvalue weighted by atomic mass is 10.1. The lowest BCUT2D eigenvalue weighted by Crippen LogP contribution is -2.43. The van der Waals surface area contributed by atoms with Crippen molar-refractivity contribution < 1.29 is 14.7 Å². The topological polar surface area (TPSA) is 88.2 Å². The van der Waals surface area contributed by atoms with Gasteiger partial charge in [-0.15, -0.1) is 0 Å². The van der Waals surface area contributed by atoms with Crippen LogP contribution in [-0.4, -0.2) is 48.2 Å². The second-order valence-corrected chi connectivity index (χ2v) is 4.47. The van der Waals surface area contributed by atoms with Gasteiger partial charge in [-0.2, -0.15) is 0 Å². The Hall–Kier alpha value is -1.30. The number of methoxy groups -OCH3 is 1. The van der Waals surface area contributed by atoms with Crippen LogP contribution in [0.4, 0.5) is 0 Å². The number of oxime groups is 1. The van der Waals surface area contributed by atoms with E-state index >= 15 is 0 Å². The molecule has 1 atom stereocenters. The van der Waals surface area contributed by atoms with Gasteiger partial charge in [0, 0.05) is 26.2 Å². The molecular weight excluding hydrogens is 222 g/mol. The van der Waals surface area contributed by atoms with Gasteiger partial charge in [-0.1, -0.05) is 12.1 Å². The fourth-order valence-corrected chi connectivity index (χ4v) is 1.52. The van der Waals surface area contributed by atoms with Crippen molar-refractivity contribution in [3.05, 3.63) is 0 Å². The first-order chi connectivity index (χ1) is 7.92. The highest BCUT2D eigenvalue weighted by Gasteiger charge is 2.20. The predicted molar refractivity (Wildman–Crippen MR) is 65.9 cm³/mol. The molecule has 0 heterocycles. The van der Waals surface area contributed by atoms with Crippen molar-refractivity contribution in [2.75, 3.05) is 20.3 Å². The Bertz CT molecular complexity index is 267. The number of nitrogens with two attached hydrogens (primary N) is 1. The SMILES string of the molecule is COCC(C)CC(=O)N(CC(N)=NO)C(C)C. The number of amides is 1. The van der Waals surface area contributed by atoms with Gasteiger partial charge < -0.3 is 20.6 Å². The molecule has 0 bridgehead atoms. The highest BCUT2D eigenvalue weighted by Crippen LogP contribution is 2.08. The summed E-state index contributed by atoms with van der Waals surface area (Å²) in [6.45, 7) is 6.42. The van der Waals surface area contributed by atoms with E-state index in [1.54, 1.807) is 12.0 Å². The summed E-state index contributed by atoms with van der Waals surface area (Å²) in [6, 6.07) is 0.0116. The molecule has 0 saturated heterocycles. The van der Waals surface area contributed by atoms with Crippen LogP contribution >= 0.6 is 0 Å². The number of ether oxygens (including phenoxy) is 1. The summed E-state index contributed by atoms with van der Waals surface area (Å²) in [7, 11) is 1.61. The zero-order valence-electron chi connectivity index (χ0n) is 11.0. The molecule has 0 rings (SSSR count). The molecule has 0 aliphatic carbocycles. The summed E-state index contributed by atoms with van der Waals surface area (Å²) in [5, 5.41) is 11.4. The van der Waals surface area contributed by atoms with Crippen molar-refractivity contribution in [2.24, 2.45) is 16.8 Å². The molecule has 17 heavy (non-hydrogen) atoms. The van der Waals surface area contributed by atoms with Crippen LogP contribution in [0.3, 0.4) is 0 Å². The first-order valence-corrected chi connectivity index (χ1v) is 5.67. The molecule has 6 nitrogen and oxygen atoms in total. The second-order valence-electron chi connectivity index (χ2n) is 4.47. The zero-order chi connectivity index (χ0) is 13.4. The molecule has 0 radical (unpaired) electrons. The summed E-state index contributed by atoms with van der Waals surface area (Å²) >= 11 is 0. The third-order valence-corrected chi connectivity index (χ3v) is 2.38. The first-order valence-electron chi connectivity index (χ1n) is 5.67. The molecule has 0 spiro atoms. The standard InChI is InChI=1S/C11H23N3O3/c1-8(2)14(6-10(12)13-16)11(15)5-9(3)7-17-4/h8-9,16H,5-7H2,1-4H3,(H2,12,13). The van der Waals surface area contributed by atoms with Crippen LogP contribution in [0.2, 0.25) is 0 Å². The summed E-state index contributed by atoms with van der Waals surface area (Å²) in [5.74, 6) is 0.170. The molecule has 3 N–H and O–H groups in total. The van der Waals surface area contributed by atoms with E-state index in [4.69, 9.17) is 15.7 Å². The van der Waals surface area contributed by atoms with Gasteiger partial charge in [0.05, 0.1) is 6.54 Å². The Morgan fingerprint density at radius 2 is 2.06 bits per heavy atom. The van der Waals surface area contributed by atoms with E-state index in [-0.39, 0.29) is 30.2 Å². The van der Waals surface area contributed by atoms with Gasteiger partial charge >= 0.3 is 0 Å². The van der Waals surface area contributed by atoms with E-state index in [0.717, 1.165) is 0 Å². The smallest absolute Gasteiger partial charge is 0.223 e. The van der Waals surface area contributed by atoms with Crippen molar-refractivity contribution in [1.29, 1.82) is 0 Å². The molecule has 6 heteroatoms. The number of carbonyl (C=O) groups excluding carboxylic acids is 1. The third kappa shape index (κ3) is 6.11. The van der Waals surface area contributed by atoms with Crippen LogP contribution in [0.5, 0.6) is 0 Å². The second kappa shape index (κ2) is 7.89. The molecule has 1 unspecified atom stereocenters. The van der Waals surface area contributed by atoms with Gasteiger partial charge in [-0.25, -0.2) is 0 Å². The van der Waals surface area contributed by atoms with Crippen molar-refractivity contribution in [3.8, 4) is 0 Å². The minimum atomic E-state index is -0.0175. The van der Waals surface area contributed by atoms with Crippen molar-refractivity contribution in [3.63, 3.8) is 0 Å². The largest absolute Gasteiger partial charge is 0.409 e. The Morgan fingerprint density at radius 3 is 2.47 bits per heavy atom. The normalized spacial score (nSPS) is 13.8. The number of carbonyl (C=O) groups is 1. The number of rotatable bonds is 7. The Morgan fingerprint density at radius 1 is 1.47 bits per heavy atom. The maximum atomic E-state index is 12.0. The molecule has 0 saturated carbocycles. The molecule has 0 aliphatic rings. The van der Waals surface area contributed by atoms with Gasteiger partial charge in [0.2, 0.25) is 5.91 Å². The van der Waals surface area contributed by atoms with Crippen molar-refractivity contribution in [1.82, 2.24) is 4.90 Å². The van der Waals surface area contributed by atoms with Crippen molar-refractivity contribution in [2.45, 2.75) is 33.2 Å². The maximum Gasteiger partial charge on any atom is 0.223 e. The van der Waals surface area contributed by atoms with E-state index in [1.165, 1.54) is 0 Å². The maximum absolute atomic E-state index is 12.0. The third-order valence-electron chi connectivity index (χ3n) is 2.38. The number of hydrogen-bond donors (Lipinski definition) is 2. The minimum Gasteiger partial charge on any atom is -0.409 e. The van der Waals surface area contributed by atoms with Crippen LogP contribution < -0.4 is 5.73 Å². The van der Waals surface area contributed by atoms with Gasteiger partial charge in [0.1, 0.15) is 0 Å². The van der Waals surface area contributed by atoms with Crippen LogP contribution in [0, 0.1) is 5.92 Å². The lowest BCUT2D eigenvalue weighted by Gasteiger charge is -2.27. The van der Waals surface area contributed by atoms with E-state index < -0.39 is 0 Å². The van der Waals surface area contributed by atoms with Crippen LogP contribution in [0.15, 0.2) is 5.16 Å². The lowest BCUT2D eigenvalue weighted by molar-refractivity contribution is -0.133. The summed E-state index contributed by atoms with van der Waals surface area (Å²) in [4.78, 5) is 13.6. The predicted octanol–water partition coefficient (Wildman–Crippen LogP) is 0.642. The fourth-order valence-electron chi connectivity index (χ4n) is 1.52. The van der Waals surface area contributed by atoms with Gasteiger partial charge in [0.25, 0.3) is 0 Å². The molecule has 0 aromatic heterocycles. The molecule has 0 aliphatic heterocycles.